The van der Waals surface area contributed by atoms with Crippen LogP contribution in [-0.4, -0.2) is 19.1 Å². The minimum absolute atomic E-state index is 0.177. The van der Waals surface area contributed by atoms with Crippen molar-refractivity contribution in [3.63, 3.8) is 0 Å². The maximum Gasteiger partial charge on any atom is 0.0354 e. The molecule has 1 heterocycles. The van der Waals surface area contributed by atoms with Gasteiger partial charge in [0.05, 0.1) is 0 Å². The Morgan fingerprint density at radius 1 is 1.82 bits per heavy atom. The summed E-state index contributed by atoms with van der Waals surface area (Å²) in [6, 6.07) is 0.177. The Labute approximate surface area is 67.9 Å². The van der Waals surface area contributed by atoms with E-state index in [4.69, 9.17) is 12.2 Å². The molecule has 3 N–H and O–H groups in total. The second-order valence-corrected chi connectivity index (χ2v) is 2.82. The molecule has 0 saturated carbocycles. The van der Waals surface area contributed by atoms with E-state index in [0.717, 1.165) is 25.9 Å². The van der Waals surface area contributed by atoms with Crippen molar-refractivity contribution in [3.8, 4) is 12.3 Å². The molecule has 1 aliphatic rings. The molecule has 1 aliphatic heterocycles. The van der Waals surface area contributed by atoms with Crippen LogP contribution in [0.25, 0.3) is 0 Å². The number of hydrogen-bond acceptors (Lipinski definition) is 2. The maximum absolute atomic E-state index is 5.71. The van der Waals surface area contributed by atoms with Crippen molar-refractivity contribution in [2.75, 3.05) is 13.1 Å². The smallest absolute Gasteiger partial charge is 0.0354 e. The van der Waals surface area contributed by atoms with Gasteiger partial charge >= 0.3 is 0 Å². The van der Waals surface area contributed by atoms with Crippen LogP contribution in [0.1, 0.15) is 12.8 Å². The molecule has 0 bridgehead atoms. The van der Waals surface area contributed by atoms with Crippen molar-refractivity contribution in [2.24, 2.45) is 5.73 Å². The fourth-order valence-electron chi connectivity index (χ4n) is 1.22. The molecular weight excluding hydrogens is 136 g/mol. The first-order valence-electron chi connectivity index (χ1n) is 3.92. The van der Waals surface area contributed by atoms with Gasteiger partial charge in [0.15, 0.2) is 0 Å². The average molecular weight is 150 g/mol. The number of rotatable bonds is 2. The summed E-state index contributed by atoms with van der Waals surface area (Å²) in [6.07, 6.45) is 9.07. The molecule has 0 spiro atoms. The number of terminal acetylenes is 1. The molecular formula is C9H14N2. The Bertz CT molecular complexity index is 188. The summed E-state index contributed by atoms with van der Waals surface area (Å²) in [5, 5.41) is 3.23. The lowest BCUT2D eigenvalue weighted by molar-refractivity contribution is 0.621. The standard InChI is InChI=1S/C9H14N2/c1-2-3-4-8-5-9(10)7-11-6-8/h1,5,9,11H,3-4,6-7,10H2. The van der Waals surface area contributed by atoms with E-state index in [0.29, 0.717) is 0 Å². The molecule has 11 heavy (non-hydrogen) atoms. The molecule has 0 saturated heterocycles. The van der Waals surface area contributed by atoms with Crippen LogP contribution in [0.3, 0.4) is 0 Å². The lowest BCUT2D eigenvalue weighted by Crippen LogP contribution is -2.37. The molecule has 2 heteroatoms. The first-order chi connectivity index (χ1) is 5.33. The maximum atomic E-state index is 5.71. The fraction of sp³-hybridized carbons (Fsp3) is 0.556. The zero-order chi connectivity index (χ0) is 8.10. The molecule has 0 amide bonds. The molecule has 0 aromatic carbocycles. The normalized spacial score (nSPS) is 24.0. The van der Waals surface area contributed by atoms with Gasteiger partial charge in [0.1, 0.15) is 0 Å². The van der Waals surface area contributed by atoms with Crippen molar-refractivity contribution in [1.29, 1.82) is 0 Å². The predicted octanol–water partition coefficient (Wildman–Crippen LogP) is 0.257. The number of nitrogens with one attached hydrogen (secondary N) is 1. The van der Waals surface area contributed by atoms with Gasteiger partial charge in [-0.15, -0.1) is 12.3 Å². The van der Waals surface area contributed by atoms with Crippen LogP contribution in [0.5, 0.6) is 0 Å². The third-order valence-electron chi connectivity index (χ3n) is 1.77. The quantitative estimate of drug-likeness (QED) is 0.437. The molecule has 0 radical (unpaired) electrons. The van der Waals surface area contributed by atoms with E-state index in [9.17, 15) is 0 Å². The van der Waals surface area contributed by atoms with E-state index in [1.807, 2.05) is 0 Å². The lowest BCUT2D eigenvalue weighted by atomic mass is 10.0. The topological polar surface area (TPSA) is 38.0 Å². The first-order valence-corrected chi connectivity index (χ1v) is 3.92. The van der Waals surface area contributed by atoms with E-state index >= 15 is 0 Å². The SMILES string of the molecule is C#CCCC1=CC(N)CNC1. The highest BCUT2D eigenvalue weighted by atomic mass is 14.9. The fourth-order valence-corrected chi connectivity index (χ4v) is 1.22. The van der Waals surface area contributed by atoms with Gasteiger partial charge in [0.25, 0.3) is 0 Å². The zero-order valence-electron chi connectivity index (χ0n) is 6.64. The largest absolute Gasteiger partial charge is 0.323 e. The summed E-state index contributed by atoms with van der Waals surface area (Å²) < 4.78 is 0. The van der Waals surface area contributed by atoms with Crippen LogP contribution in [0, 0.1) is 12.3 Å². The summed E-state index contributed by atoms with van der Waals surface area (Å²) in [4.78, 5) is 0. The summed E-state index contributed by atoms with van der Waals surface area (Å²) in [5.74, 6) is 2.62. The molecule has 0 aromatic heterocycles. The van der Waals surface area contributed by atoms with Gasteiger partial charge in [-0.05, 0) is 6.42 Å². The average Bonchev–Trinajstić information content (AvgIpc) is 2.01. The van der Waals surface area contributed by atoms with Gasteiger partial charge in [0, 0.05) is 25.6 Å². The minimum Gasteiger partial charge on any atom is -0.323 e. The summed E-state index contributed by atoms with van der Waals surface area (Å²) >= 11 is 0. The minimum atomic E-state index is 0.177. The highest BCUT2D eigenvalue weighted by molar-refractivity contribution is 5.13. The summed E-state index contributed by atoms with van der Waals surface area (Å²) in [5.41, 5.74) is 7.06. The molecule has 1 unspecified atom stereocenters. The number of nitrogens with two attached hydrogens (primary N) is 1. The molecule has 2 nitrogen and oxygen atoms in total. The van der Waals surface area contributed by atoms with E-state index in [-0.39, 0.29) is 6.04 Å². The second kappa shape index (κ2) is 4.17. The van der Waals surface area contributed by atoms with E-state index in [1.165, 1.54) is 5.57 Å². The summed E-state index contributed by atoms with van der Waals surface area (Å²) in [7, 11) is 0. The van der Waals surface area contributed by atoms with Crippen LogP contribution in [-0.2, 0) is 0 Å². The highest BCUT2D eigenvalue weighted by Gasteiger charge is 2.07. The molecule has 0 fully saturated rings. The Kier molecular flexibility index (Phi) is 3.15. The second-order valence-electron chi connectivity index (χ2n) is 2.82. The zero-order valence-corrected chi connectivity index (χ0v) is 6.64. The molecule has 1 rings (SSSR count). The molecule has 60 valence electrons. The first kappa shape index (κ1) is 8.32. The van der Waals surface area contributed by atoms with Gasteiger partial charge in [-0.2, -0.15) is 0 Å². The van der Waals surface area contributed by atoms with Crippen molar-refractivity contribution in [3.05, 3.63) is 11.6 Å². The lowest BCUT2D eigenvalue weighted by Gasteiger charge is -2.18. The Morgan fingerprint density at radius 3 is 3.27 bits per heavy atom. The number of hydrogen-bond donors (Lipinski definition) is 2. The summed E-state index contributed by atoms with van der Waals surface area (Å²) in [6.45, 7) is 1.84. The third-order valence-corrected chi connectivity index (χ3v) is 1.77. The van der Waals surface area contributed by atoms with Gasteiger partial charge in [-0.1, -0.05) is 11.6 Å². The monoisotopic (exact) mass is 150 g/mol. The van der Waals surface area contributed by atoms with E-state index in [1.54, 1.807) is 0 Å². The third kappa shape index (κ3) is 2.75. The van der Waals surface area contributed by atoms with Crippen LogP contribution in [0.4, 0.5) is 0 Å². The molecule has 0 aliphatic carbocycles. The van der Waals surface area contributed by atoms with E-state index < -0.39 is 0 Å². The Balaban J connectivity index is 2.38. The van der Waals surface area contributed by atoms with Gasteiger partial charge in [-0.25, -0.2) is 0 Å². The van der Waals surface area contributed by atoms with Crippen LogP contribution < -0.4 is 11.1 Å². The van der Waals surface area contributed by atoms with Crippen molar-refractivity contribution in [1.82, 2.24) is 5.32 Å². The van der Waals surface area contributed by atoms with Crippen LogP contribution in [0.15, 0.2) is 11.6 Å². The van der Waals surface area contributed by atoms with Gasteiger partial charge < -0.3 is 11.1 Å². The highest BCUT2D eigenvalue weighted by Crippen LogP contribution is 2.07. The molecule has 1 atom stereocenters. The van der Waals surface area contributed by atoms with Crippen LogP contribution >= 0.6 is 0 Å². The van der Waals surface area contributed by atoms with Crippen LogP contribution in [0.2, 0.25) is 0 Å². The Morgan fingerprint density at radius 2 is 2.64 bits per heavy atom. The van der Waals surface area contributed by atoms with Crippen molar-refractivity contribution in [2.45, 2.75) is 18.9 Å². The Hall–Kier alpha value is -0.780. The van der Waals surface area contributed by atoms with Crippen molar-refractivity contribution < 1.29 is 0 Å². The van der Waals surface area contributed by atoms with Crippen molar-refractivity contribution >= 4 is 0 Å². The van der Waals surface area contributed by atoms with Gasteiger partial charge in [-0.3, -0.25) is 0 Å². The molecule has 0 aromatic rings. The predicted molar refractivity (Wildman–Crippen MR) is 47.0 cm³/mol. The van der Waals surface area contributed by atoms with E-state index in [2.05, 4.69) is 17.3 Å². The van der Waals surface area contributed by atoms with Gasteiger partial charge in [0.2, 0.25) is 0 Å².